The van der Waals surface area contributed by atoms with Gasteiger partial charge in [0.1, 0.15) is 12.3 Å². The average Bonchev–Trinajstić information content (AvgIpc) is 3.33. The number of rotatable bonds is 8. The Hall–Kier alpha value is -1.83. The molecule has 0 radical (unpaired) electrons. The van der Waals surface area contributed by atoms with Gasteiger partial charge in [-0.3, -0.25) is 4.79 Å². The van der Waals surface area contributed by atoms with Crippen molar-refractivity contribution in [1.82, 2.24) is 25.5 Å². The van der Waals surface area contributed by atoms with Crippen LogP contribution in [0, 0.1) is 11.3 Å². The molecule has 2 aromatic rings. The van der Waals surface area contributed by atoms with Crippen LogP contribution in [0.4, 0.5) is 0 Å². The number of thioether (sulfide) groups is 1. The summed E-state index contributed by atoms with van der Waals surface area (Å²) in [5.74, 6) is 1.90. The molecule has 0 aliphatic heterocycles. The molecule has 0 atom stereocenters. The molecule has 148 valence electrons. The van der Waals surface area contributed by atoms with Gasteiger partial charge in [-0.1, -0.05) is 39.0 Å². The van der Waals surface area contributed by atoms with Crippen LogP contribution in [0.2, 0.25) is 0 Å². The van der Waals surface area contributed by atoms with Crippen molar-refractivity contribution >= 4 is 17.7 Å². The summed E-state index contributed by atoms with van der Waals surface area (Å²) in [6, 6.07) is 4.00. The molecule has 0 saturated heterocycles. The number of tetrazole rings is 1. The second-order valence-electron chi connectivity index (χ2n) is 7.95. The first-order chi connectivity index (χ1) is 13.0. The second-order valence-corrected chi connectivity index (χ2v) is 8.89. The van der Waals surface area contributed by atoms with E-state index < -0.39 is 0 Å². The highest BCUT2D eigenvalue weighted by Gasteiger charge is 2.32. The highest BCUT2D eigenvalue weighted by atomic mass is 32.2. The lowest BCUT2D eigenvalue weighted by Gasteiger charge is -2.39. The largest absolute Gasteiger partial charge is 0.467 e. The molecule has 1 amide bonds. The van der Waals surface area contributed by atoms with Crippen molar-refractivity contribution in [2.75, 3.05) is 5.75 Å². The van der Waals surface area contributed by atoms with E-state index in [4.69, 9.17) is 4.42 Å². The maximum atomic E-state index is 12.3. The molecule has 0 spiro atoms. The molecule has 8 heteroatoms. The summed E-state index contributed by atoms with van der Waals surface area (Å²) < 4.78 is 6.97. The van der Waals surface area contributed by atoms with Crippen molar-refractivity contribution in [2.45, 2.75) is 70.6 Å². The van der Waals surface area contributed by atoms with Crippen molar-refractivity contribution in [3.8, 4) is 0 Å². The third-order valence-corrected chi connectivity index (χ3v) is 6.78. The summed E-state index contributed by atoms with van der Waals surface area (Å²) in [4.78, 5) is 12.3. The van der Waals surface area contributed by atoms with Gasteiger partial charge in [0.2, 0.25) is 11.1 Å². The quantitative estimate of drug-likeness (QED) is 0.693. The van der Waals surface area contributed by atoms with Gasteiger partial charge in [-0.05, 0) is 59.6 Å². The number of carbonyl (C=O) groups is 1. The normalized spacial score (nSPS) is 20.6. The summed E-state index contributed by atoms with van der Waals surface area (Å²) >= 11 is 1.35. The minimum Gasteiger partial charge on any atom is -0.467 e. The second kappa shape index (κ2) is 8.91. The number of nitrogens with one attached hydrogen (secondary N) is 1. The molecular formula is C19H29N5O2S. The molecule has 3 rings (SSSR count). The summed E-state index contributed by atoms with van der Waals surface area (Å²) in [6.45, 7) is 7.45. The van der Waals surface area contributed by atoms with Crippen LogP contribution in [0.1, 0.15) is 58.6 Å². The predicted molar refractivity (Wildman–Crippen MR) is 104 cm³/mol. The fourth-order valence-electron chi connectivity index (χ4n) is 3.66. The minimum atomic E-state index is 0.0470. The zero-order valence-corrected chi connectivity index (χ0v) is 17.2. The average molecular weight is 392 g/mol. The van der Waals surface area contributed by atoms with Crippen LogP contribution >= 0.6 is 11.8 Å². The Labute approximate surface area is 164 Å². The van der Waals surface area contributed by atoms with Gasteiger partial charge in [-0.2, -0.15) is 0 Å². The van der Waals surface area contributed by atoms with Gasteiger partial charge in [-0.25, -0.2) is 4.68 Å². The molecule has 0 aromatic carbocycles. The lowest BCUT2D eigenvalue weighted by molar-refractivity contribution is -0.119. The number of amides is 1. The number of aromatic nitrogens is 4. The smallest absolute Gasteiger partial charge is 0.230 e. The van der Waals surface area contributed by atoms with Crippen LogP contribution in [0.25, 0.3) is 0 Å². The highest BCUT2D eigenvalue weighted by molar-refractivity contribution is 7.99. The lowest BCUT2D eigenvalue weighted by Crippen LogP contribution is -2.40. The molecule has 2 heterocycles. The monoisotopic (exact) mass is 391 g/mol. The van der Waals surface area contributed by atoms with E-state index in [9.17, 15) is 4.79 Å². The Morgan fingerprint density at radius 3 is 2.81 bits per heavy atom. The van der Waals surface area contributed by atoms with E-state index in [1.54, 1.807) is 10.9 Å². The Balaban J connectivity index is 1.43. The van der Waals surface area contributed by atoms with Crippen LogP contribution in [0.3, 0.4) is 0 Å². The van der Waals surface area contributed by atoms with E-state index in [1.807, 2.05) is 12.1 Å². The Morgan fingerprint density at radius 1 is 1.37 bits per heavy atom. The molecule has 27 heavy (non-hydrogen) atoms. The van der Waals surface area contributed by atoms with Gasteiger partial charge in [0, 0.05) is 6.04 Å². The van der Waals surface area contributed by atoms with Crippen LogP contribution in [-0.4, -0.2) is 37.9 Å². The highest BCUT2D eigenvalue weighted by Crippen LogP contribution is 2.40. The van der Waals surface area contributed by atoms with Crippen LogP contribution in [0.15, 0.2) is 28.0 Å². The Morgan fingerprint density at radius 2 is 2.15 bits per heavy atom. The number of hydrogen-bond donors (Lipinski definition) is 1. The van der Waals surface area contributed by atoms with Crippen molar-refractivity contribution in [3.63, 3.8) is 0 Å². The Bertz CT molecular complexity index is 720. The molecular weight excluding hydrogens is 362 g/mol. The first kappa shape index (κ1) is 19.9. The number of nitrogens with zero attached hydrogens (tertiary/aromatic N) is 4. The van der Waals surface area contributed by atoms with Gasteiger partial charge in [0.15, 0.2) is 0 Å². The fraction of sp³-hybridized carbons (Fsp3) is 0.684. The number of furan rings is 1. The molecule has 1 aliphatic carbocycles. The first-order valence-corrected chi connectivity index (χ1v) is 10.7. The zero-order valence-electron chi connectivity index (χ0n) is 16.4. The predicted octanol–water partition coefficient (Wildman–Crippen LogP) is 3.52. The maximum absolute atomic E-state index is 12.3. The molecule has 0 unspecified atom stereocenters. The summed E-state index contributed by atoms with van der Waals surface area (Å²) in [5, 5.41) is 15.5. The van der Waals surface area contributed by atoms with E-state index in [2.05, 4.69) is 41.6 Å². The van der Waals surface area contributed by atoms with Gasteiger partial charge in [0.05, 0.1) is 12.0 Å². The first-order valence-electron chi connectivity index (χ1n) is 9.68. The summed E-state index contributed by atoms with van der Waals surface area (Å²) in [6.07, 6.45) is 7.36. The third-order valence-electron chi connectivity index (χ3n) is 5.83. The molecule has 1 saturated carbocycles. The van der Waals surface area contributed by atoms with Gasteiger partial charge < -0.3 is 9.73 Å². The molecule has 2 aromatic heterocycles. The molecule has 1 fully saturated rings. The molecule has 1 N–H and O–H groups in total. The fourth-order valence-corrected chi connectivity index (χ4v) is 4.34. The molecule has 7 nitrogen and oxygen atoms in total. The Kier molecular flexibility index (Phi) is 6.57. The summed E-state index contributed by atoms with van der Waals surface area (Å²) in [5.41, 5.74) is 0.399. The minimum absolute atomic E-state index is 0.0470. The van der Waals surface area contributed by atoms with E-state index >= 15 is 0 Å². The van der Waals surface area contributed by atoms with Gasteiger partial charge in [0.25, 0.3) is 0 Å². The van der Waals surface area contributed by atoms with E-state index in [-0.39, 0.29) is 5.91 Å². The van der Waals surface area contributed by atoms with E-state index in [1.165, 1.54) is 31.0 Å². The SMILES string of the molecule is CCC(C)(C)C1CCC(NC(=O)CSc2nnnn2Cc2ccco2)CC1. The standard InChI is InChI=1S/C19H29N5O2S/c1-4-19(2,3)14-7-9-15(10-8-14)20-17(25)13-27-18-21-22-23-24(18)12-16-6-5-11-26-16/h5-6,11,14-15H,4,7-10,12-13H2,1-3H3,(H,20,25). The van der Waals surface area contributed by atoms with Crippen LogP contribution in [0.5, 0.6) is 0 Å². The zero-order chi connectivity index (χ0) is 19.3. The lowest BCUT2D eigenvalue weighted by atomic mass is 9.69. The van der Waals surface area contributed by atoms with Crippen molar-refractivity contribution in [3.05, 3.63) is 24.2 Å². The van der Waals surface area contributed by atoms with E-state index in [0.717, 1.165) is 24.5 Å². The molecule has 0 bridgehead atoms. The van der Waals surface area contributed by atoms with Crippen molar-refractivity contribution < 1.29 is 9.21 Å². The van der Waals surface area contributed by atoms with Gasteiger partial charge >= 0.3 is 0 Å². The van der Waals surface area contributed by atoms with Gasteiger partial charge in [-0.15, -0.1) is 5.10 Å². The van der Waals surface area contributed by atoms with Crippen molar-refractivity contribution in [1.29, 1.82) is 0 Å². The van der Waals surface area contributed by atoms with Crippen LogP contribution < -0.4 is 5.32 Å². The van der Waals surface area contributed by atoms with Crippen molar-refractivity contribution in [2.24, 2.45) is 11.3 Å². The van der Waals surface area contributed by atoms with Crippen LogP contribution in [-0.2, 0) is 11.3 Å². The maximum Gasteiger partial charge on any atom is 0.230 e. The number of hydrogen-bond acceptors (Lipinski definition) is 6. The molecule has 1 aliphatic rings. The van der Waals surface area contributed by atoms with E-state index in [0.29, 0.717) is 28.9 Å². The topological polar surface area (TPSA) is 85.8 Å². The summed E-state index contributed by atoms with van der Waals surface area (Å²) in [7, 11) is 0. The number of carbonyl (C=O) groups excluding carboxylic acids is 1. The third kappa shape index (κ3) is 5.34.